The molecule has 0 bridgehead atoms. The van der Waals surface area contributed by atoms with Crippen LogP contribution in [0.3, 0.4) is 0 Å². The molecule has 0 saturated heterocycles. The van der Waals surface area contributed by atoms with Crippen molar-refractivity contribution < 1.29 is 5.11 Å². The van der Waals surface area contributed by atoms with Crippen LogP contribution in [0.2, 0.25) is 0 Å². The van der Waals surface area contributed by atoms with Crippen molar-refractivity contribution in [2.45, 2.75) is 24.3 Å². The quantitative estimate of drug-likeness (QED) is 0.412. The molecule has 5 nitrogen and oxygen atoms in total. The maximum atomic E-state index is 8.80. The number of hydrogen-bond acceptors (Lipinski definition) is 5. The Morgan fingerprint density at radius 3 is 2.73 bits per heavy atom. The van der Waals surface area contributed by atoms with Gasteiger partial charge in [0.05, 0.1) is 17.3 Å². The molecule has 0 radical (unpaired) electrons. The van der Waals surface area contributed by atoms with E-state index in [0.29, 0.717) is 0 Å². The van der Waals surface area contributed by atoms with Crippen LogP contribution in [0, 0.1) is 0 Å². The largest absolute Gasteiger partial charge is 0.396 e. The predicted molar refractivity (Wildman–Crippen MR) is 88.3 cm³/mol. The Kier molecular flexibility index (Phi) is 5.03. The fourth-order valence-electron chi connectivity index (χ4n) is 2.26. The number of aliphatic hydroxyl groups excluding tert-OH is 1. The van der Waals surface area contributed by atoms with Gasteiger partial charge in [-0.3, -0.25) is 0 Å². The summed E-state index contributed by atoms with van der Waals surface area (Å²) in [7, 11) is 0. The van der Waals surface area contributed by atoms with E-state index in [4.69, 9.17) is 5.11 Å². The van der Waals surface area contributed by atoms with Gasteiger partial charge in [0.1, 0.15) is 11.4 Å². The number of benzene rings is 1. The summed E-state index contributed by atoms with van der Waals surface area (Å²) in [6.07, 6.45) is 6.41. The van der Waals surface area contributed by atoms with Gasteiger partial charge in [0.25, 0.3) is 0 Å². The van der Waals surface area contributed by atoms with E-state index in [0.717, 1.165) is 46.8 Å². The number of thioether (sulfide) groups is 1. The van der Waals surface area contributed by atoms with Crippen LogP contribution in [0.15, 0.2) is 47.9 Å². The summed E-state index contributed by atoms with van der Waals surface area (Å²) in [5.41, 5.74) is 1.83. The van der Waals surface area contributed by atoms with Gasteiger partial charge in [-0.1, -0.05) is 24.6 Å². The maximum Gasteiger partial charge on any atom is 0.167 e. The van der Waals surface area contributed by atoms with Crippen LogP contribution in [0.1, 0.15) is 19.3 Å². The fourth-order valence-corrected chi connectivity index (χ4v) is 3.22. The van der Waals surface area contributed by atoms with E-state index >= 15 is 0 Å². The first-order valence-corrected chi connectivity index (χ1v) is 8.36. The summed E-state index contributed by atoms with van der Waals surface area (Å²) < 4.78 is 1.84. The van der Waals surface area contributed by atoms with E-state index in [1.165, 1.54) is 0 Å². The number of nitrogens with zero attached hydrogens (tertiary/aromatic N) is 4. The molecule has 0 atom stereocenters. The van der Waals surface area contributed by atoms with Gasteiger partial charge in [-0.2, -0.15) is 5.10 Å². The van der Waals surface area contributed by atoms with Crippen molar-refractivity contribution in [3.8, 4) is 5.69 Å². The van der Waals surface area contributed by atoms with Gasteiger partial charge in [-0.15, -0.1) is 11.8 Å². The third-order valence-corrected chi connectivity index (χ3v) is 4.46. The average Bonchev–Trinajstić information content (AvgIpc) is 3.00. The lowest BCUT2D eigenvalue weighted by atomic mass is 10.3. The van der Waals surface area contributed by atoms with Crippen LogP contribution < -0.4 is 0 Å². The monoisotopic (exact) mass is 314 g/mol. The van der Waals surface area contributed by atoms with E-state index in [2.05, 4.69) is 15.1 Å². The molecule has 0 amide bonds. The first kappa shape index (κ1) is 15.0. The zero-order valence-corrected chi connectivity index (χ0v) is 13.0. The van der Waals surface area contributed by atoms with Gasteiger partial charge in [-0.25, -0.2) is 14.6 Å². The molecule has 22 heavy (non-hydrogen) atoms. The lowest BCUT2D eigenvalue weighted by Gasteiger charge is -2.04. The van der Waals surface area contributed by atoms with Crippen LogP contribution in [0.4, 0.5) is 0 Å². The zero-order chi connectivity index (χ0) is 15.2. The fraction of sp³-hybridized carbons (Fsp3) is 0.312. The Balaban J connectivity index is 1.80. The van der Waals surface area contributed by atoms with Crippen molar-refractivity contribution in [3.05, 3.63) is 42.9 Å². The van der Waals surface area contributed by atoms with E-state index < -0.39 is 0 Å². The van der Waals surface area contributed by atoms with Gasteiger partial charge in [0.15, 0.2) is 5.65 Å². The second kappa shape index (κ2) is 7.38. The SMILES string of the molecule is OCCCCCSc1ncnc2c1cnn2-c1ccccc1. The second-order valence-corrected chi connectivity index (χ2v) is 6.02. The molecule has 0 aliphatic carbocycles. The summed E-state index contributed by atoms with van der Waals surface area (Å²) in [4.78, 5) is 8.76. The van der Waals surface area contributed by atoms with Gasteiger partial charge in [0.2, 0.25) is 0 Å². The number of unbranched alkanes of at least 4 members (excludes halogenated alkanes) is 2. The van der Waals surface area contributed by atoms with Crippen molar-refractivity contribution in [2.24, 2.45) is 0 Å². The summed E-state index contributed by atoms with van der Waals surface area (Å²) in [6.45, 7) is 0.270. The van der Waals surface area contributed by atoms with Crippen LogP contribution in [0.25, 0.3) is 16.7 Å². The van der Waals surface area contributed by atoms with Crippen molar-refractivity contribution in [3.63, 3.8) is 0 Å². The first-order chi connectivity index (χ1) is 10.9. The Morgan fingerprint density at radius 2 is 1.91 bits per heavy atom. The minimum absolute atomic E-state index is 0.270. The summed E-state index contributed by atoms with van der Waals surface area (Å²) in [6, 6.07) is 9.98. The highest BCUT2D eigenvalue weighted by atomic mass is 32.2. The number of aromatic nitrogens is 4. The topological polar surface area (TPSA) is 63.8 Å². The molecule has 1 N–H and O–H groups in total. The van der Waals surface area contributed by atoms with Gasteiger partial charge in [0, 0.05) is 6.61 Å². The van der Waals surface area contributed by atoms with Gasteiger partial charge in [-0.05, 0) is 30.7 Å². The molecular formula is C16H18N4OS. The Labute approximate surface area is 133 Å². The molecule has 3 aromatic rings. The molecule has 3 rings (SSSR count). The summed E-state index contributed by atoms with van der Waals surface area (Å²) in [5.74, 6) is 0.989. The van der Waals surface area contributed by atoms with Crippen LogP contribution in [0.5, 0.6) is 0 Å². The lowest BCUT2D eigenvalue weighted by molar-refractivity contribution is 0.284. The molecule has 0 fully saturated rings. The molecule has 1 aromatic carbocycles. The standard InChI is InChI=1S/C16H18N4OS/c21-9-5-2-6-10-22-16-14-11-19-20(15(14)17-12-18-16)13-7-3-1-4-8-13/h1,3-4,7-8,11-12,21H,2,5-6,9-10H2. The summed E-state index contributed by atoms with van der Waals surface area (Å²) >= 11 is 1.72. The van der Waals surface area contributed by atoms with Crippen LogP contribution >= 0.6 is 11.8 Å². The van der Waals surface area contributed by atoms with Gasteiger partial charge < -0.3 is 5.11 Å². The van der Waals surface area contributed by atoms with E-state index in [1.807, 2.05) is 41.2 Å². The normalized spacial score (nSPS) is 11.1. The molecule has 114 valence electrons. The number of rotatable bonds is 7. The van der Waals surface area contributed by atoms with Crippen molar-refractivity contribution >= 4 is 22.8 Å². The molecule has 0 aliphatic rings. The average molecular weight is 314 g/mol. The molecule has 0 saturated carbocycles. The highest BCUT2D eigenvalue weighted by Gasteiger charge is 2.11. The Morgan fingerprint density at radius 1 is 1.05 bits per heavy atom. The summed E-state index contributed by atoms with van der Waals surface area (Å²) in [5, 5.41) is 15.2. The minimum atomic E-state index is 0.270. The van der Waals surface area contributed by atoms with Gasteiger partial charge >= 0.3 is 0 Å². The van der Waals surface area contributed by atoms with Crippen molar-refractivity contribution in [2.75, 3.05) is 12.4 Å². The highest BCUT2D eigenvalue weighted by molar-refractivity contribution is 7.99. The van der Waals surface area contributed by atoms with Crippen molar-refractivity contribution in [1.82, 2.24) is 19.7 Å². The molecule has 2 heterocycles. The molecule has 0 aliphatic heterocycles. The lowest BCUT2D eigenvalue weighted by Crippen LogP contribution is -1.97. The second-order valence-electron chi connectivity index (χ2n) is 4.94. The maximum absolute atomic E-state index is 8.80. The Bertz CT molecular complexity index is 729. The number of para-hydroxylation sites is 1. The van der Waals surface area contributed by atoms with Crippen LogP contribution in [-0.4, -0.2) is 37.2 Å². The third-order valence-electron chi connectivity index (χ3n) is 3.37. The van der Waals surface area contributed by atoms with Crippen molar-refractivity contribution in [1.29, 1.82) is 0 Å². The van der Waals surface area contributed by atoms with E-state index in [1.54, 1.807) is 18.1 Å². The Hall–Kier alpha value is -1.92. The third kappa shape index (κ3) is 3.28. The molecule has 0 unspecified atom stereocenters. The van der Waals surface area contributed by atoms with E-state index in [9.17, 15) is 0 Å². The van der Waals surface area contributed by atoms with E-state index in [-0.39, 0.29) is 6.61 Å². The predicted octanol–water partition coefficient (Wildman–Crippen LogP) is 3.07. The molecule has 2 aromatic heterocycles. The smallest absolute Gasteiger partial charge is 0.167 e. The number of hydrogen-bond donors (Lipinski definition) is 1. The number of fused-ring (bicyclic) bond motifs is 1. The molecule has 0 spiro atoms. The first-order valence-electron chi connectivity index (χ1n) is 7.38. The molecule has 6 heteroatoms. The minimum Gasteiger partial charge on any atom is -0.396 e. The molecular weight excluding hydrogens is 296 g/mol. The highest BCUT2D eigenvalue weighted by Crippen LogP contribution is 2.26. The van der Waals surface area contributed by atoms with Crippen LogP contribution in [-0.2, 0) is 0 Å². The number of aliphatic hydroxyl groups is 1. The zero-order valence-electron chi connectivity index (χ0n) is 12.2.